The summed E-state index contributed by atoms with van der Waals surface area (Å²) in [7, 11) is -2.51. The number of aryl methyl sites for hydroxylation is 1. The van der Waals surface area contributed by atoms with Crippen LogP contribution in [0.15, 0.2) is 71.6 Å². The number of sulfonamides is 1. The van der Waals surface area contributed by atoms with E-state index in [1.54, 1.807) is 24.3 Å². The molecule has 0 saturated carbocycles. The molecule has 0 saturated heterocycles. The number of benzene rings is 3. The molecule has 1 amide bonds. The number of methoxy groups -OCH3 is 1. The lowest BCUT2D eigenvalue weighted by Crippen LogP contribution is -2.51. The van der Waals surface area contributed by atoms with Gasteiger partial charge in [0.15, 0.2) is 6.10 Å². The topological polar surface area (TPSA) is 84.9 Å². The fraction of sp³-hybridized carbons (Fsp3) is 0.269. The van der Waals surface area contributed by atoms with Gasteiger partial charge >= 0.3 is 0 Å². The number of rotatable bonds is 7. The van der Waals surface area contributed by atoms with E-state index in [1.165, 1.54) is 35.2 Å². The fourth-order valence-corrected chi connectivity index (χ4v) is 5.53. The monoisotopic (exact) mass is 514 g/mol. The van der Waals surface area contributed by atoms with Gasteiger partial charge in [-0.05, 0) is 66.9 Å². The Bertz CT molecular complexity index is 1310. The maximum atomic E-state index is 13.6. The van der Waals surface area contributed by atoms with Gasteiger partial charge in [0.1, 0.15) is 11.5 Å². The number of ether oxygens (including phenoxy) is 2. The van der Waals surface area contributed by atoms with Crippen LogP contribution in [0.1, 0.15) is 31.0 Å². The van der Waals surface area contributed by atoms with Crippen molar-refractivity contribution in [3.63, 3.8) is 0 Å². The Morgan fingerprint density at radius 3 is 2.46 bits per heavy atom. The third-order valence-corrected chi connectivity index (χ3v) is 8.01. The zero-order valence-electron chi connectivity index (χ0n) is 19.7. The Morgan fingerprint density at radius 1 is 1.14 bits per heavy atom. The normalized spacial score (nSPS) is 16.1. The molecule has 0 spiro atoms. The quantitative estimate of drug-likeness (QED) is 0.492. The number of nitrogens with one attached hydrogen (secondary N) is 1. The number of anilines is 1. The number of hydrogen-bond acceptors (Lipinski definition) is 5. The summed E-state index contributed by atoms with van der Waals surface area (Å²) in [5.41, 5.74) is 2.43. The van der Waals surface area contributed by atoms with Crippen LogP contribution in [0.5, 0.6) is 11.5 Å². The Labute approximate surface area is 210 Å². The molecule has 1 N–H and O–H groups in total. The zero-order chi connectivity index (χ0) is 25.2. The van der Waals surface area contributed by atoms with Crippen LogP contribution in [0.25, 0.3) is 0 Å². The molecule has 0 fully saturated rings. The minimum atomic E-state index is -4.01. The SMILES string of the molecule is CCc1ccc(C(C)NC(=O)C2CN(S(=O)(=O)c3ccc(OC)cc3)c3cc(Cl)ccc3O2)cc1. The highest BCUT2D eigenvalue weighted by atomic mass is 35.5. The average molecular weight is 515 g/mol. The van der Waals surface area contributed by atoms with Gasteiger partial charge in [0.25, 0.3) is 15.9 Å². The van der Waals surface area contributed by atoms with E-state index in [0.29, 0.717) is 10.8 Å². The second-order valence-electron chi connectivity index (χ2n) is 8.26. The highest BCUT2D eigenvalue weighted by Gasteiger charge is 2.38. The van der Waals surface area contributed by atoms with E-state index in [1.807, 2.05) is 31.2 Å². The predicted octanol–water partition coefficient (Wildman–Crippen LogP) is 4.74. The van der Waals surface area contributed by atoms with Crippen LogP contribution in [0.4, 0.5) is 5.69 Å². The molecule has 3 aromatic carbocycles. The molecule has 3 aromatic rings. The Morgan fingerprint density at radius 2 is 1.83 bits per heavy atom. The molecule has 184 valence electrons. The van der Waals surface area contributed by atoms with E-state index in [2.05, 4.69) is 12.2 Å². The third-order valence-electron chi connectivity index (χ3n) is 5.98. The number of carbonyl (C=O) groups is 1. The van der Waals surface area contributed by atoms with Crippen molar-refractivity contribution in [2.75, 3.05) is 18.0 Å². The van der Waals surface area contributed by atoms with Gasteiger partial charge in [-0.1, -0.05) is 42.8 Å². The molecule has 0 bridgehead atoms. The number of hydrogen-bond donors (Lipinski definition) is 1. The van der Waals surface area contributed by atoms with Crippen LogP contribution < -0.4 is 19.1 Å². The van der Waals surface area contributed by atoms with Gasteiger partial charge in [-0.2, -0.15) is 0 Å². The standard InChI is InChI=1S/C26H27ClN2O5S/c1-4-18-5-7-19(8-6-18)17(2)28-26(30)25-16-29(23-15-20(27)9-14-24(23)34-25)35(31,32)22-12-10-21(33-3)11-13-22/h5-15,17,25H,4,16H2,1-3H3,(H,28,30). The van der Waals surface area contributed by atoms with E-state index in [0.717, 1.165) is 12.0 Å². The first kappa shape index (κ1) is 24.9. The second-order valence-corrected chi connectivity index (χ2v) is 10.6. The summed E-state index contributed by atoms with van der Waals surface area (Å²) in [6, 6.07) is 18.5. The molecule has 9 heteroatoms. The molecule has 0 radical (unpaired) electrons. The second kappa shape index (κ2) is 10.2. The Hall–Kier alpha value is -3.23. The predicted molar refractivity (Wildman–Crippen MR) is 136 cm³/mol. The maximum absolute atomic E-state index is 13.6. The van der Waals surface area contributed by atoms with Gasteiger partial charge in [0, 0.05) is 5.02 Å². The molecule has 0 aromatic heterocycles. The molecular formula is C26H27ClN2O5S. The molecule has 1 aliphatic rings. The van der Waals surface area contributed by atoms with Crippen LogP contribution in [-0.2, 0) is 21.2 Å². The minimum absolute atomic E-state index is 0.0645. The molecule has 2 atom stereocenters. The summed E-state index contributed by atoms with van der Waals surface area (Å²) in [5.74, 6) is 0.387. The van der Waals surface area contributed by atoms with Crippen LogP contribution >= 0.6 is 11.6 Å². The lowest BCUT2D eigenvalue weighted by molar-refractivity contribution is -0.128. The van der Waals surface area contributed by atoms with E-state index >= 15 is 0 Å². The number of fused-ring (bicyclic) bond motifs is 1. The van der Waals surface area contributed by atoms with Crippen molar-refractivity contribution in [2.45, 2.75) is 37.3 Å². The summed E-state index contributed by atoms with van der Waals surface area (Å²) < 4.78 is 39.4. The number of carbonyl (C=O) groups excluding carboxylic acids is 1. The van der Waals surface area contributed by atoms with E-state index < -0.39 is 22.0 Å². The molecule has 4 rings (SSSR count). The van der Waals surface area contributed by atoms with Crippen molar-refractivity contribution in [2.24, 2.45) is 0 Å². The van der Waals surface area contributed by atoms with Gasteiger partial charge in [-0.15, -0.1) is 0 Å². The summed E-state index contributed by atoms with van der Waals surface area (Å²) in [4.78, 5) is 13.2. The van der Waals surface area contributed by atoms with Crippen molar-refractivity contribution >= 4 is 33.2 Å². The van der Waals surface area contributed by atoms with Crippen molar-refractivity contribution in [3.05, 3.63) is 82.9 Å². The maximum Gasteiger partial charge on any atom is 0.264 e. The first-order valence-electron chi connectivity index (χ1n) is 11.2. The fourth-order valence-electron chi connectivity index (χ4n) is 3.90. The molecule has 7 nitrogen and oxygen atoms in total. The van der Waals surface area contributed by atoms with E-state index in [9.17, 15) is 13.2 Å². The Kier molecular flexibility index (Phi) is 7.23. The summed E-state index contributed by atoms with van der Waals surface area (Å²) in [5, 5.41) is 3.30. The van der Waals surface area contributed by atoms with Gasteiger partial charge in [-0.25, -0.2) is 8.42 Å². The summed E-state index contributed by atoms with van der Waals surface area (Å²) >= 11 is 6.16. The number of amides is 1. The van der Waals surface area contributed by atoms with Gasteiger partial charge in [0.2, 0.25) is 0 Å². The smallest absolute Gasteiger partial charge is 0.264 e. The number of nitrogens with zero attached hydrogens (tertiary/aromatic N) is 1. The van der Waals surface area contributed by atoms with Crippen LogP contribution in [-0.4, -0.2) is 34.1 Å². The summed E-state index contributed by atoms with van der Waals surface area (Å²) in [6.45, 7) is 3.76. The Balaban J connectivity index is 1.61. The molecule has 2 unspecified atom stereocenters. The minimum Gasteiger partial charge on any atom is -0.497 e. The highest BCUT2D eigenvalue weighted by Crippen LogP contribution is 2.39. The lowest BCUT2D eigenvalue weighted by atomic mass is 10.0. The van der Waals surface area contributed by atoms with Gasteiger partial charge in [-0.3, -0.25) is 9.10 Å². The first-order chi connectivity index (χ1) is 16.7. The van der Waals surface area contributed by atoms with Gasteiger partial charge in [0.05, 0.1) is 30.3 Å². The van der Waals surface area contributed by atoms with E-state index in [4.69, 9.17) is 21.1 Å². The van der Waals surface area contributed by atoms with E-state index in [-0.39, 0.29) is 28.9 Å². The third kappa shape index (κ3) is 5.23. The average Bonchev–Trinajstić information content (AvgIpc) is 2.87. The molecule has 1 aliphatic heterocycles. The first-order valence-corrected chi connectivity index (χ1v) is 13.1. The molecule has 1 heterocycles. The number of halogens is 1. The van der Waals surface area contributed by atoms with Crippen molar-refractivity contribution in [1.82, 2.24) is 5.32 Å². The largest absolute Gasteiger partial charge is 0.497 e. The lowest BCUT2D eigenvalue weighted by Gasteiger charge is -2.35. The van der Waals surface area contributed by atoms with Crippen molar-refractivity contribution in [3.8, 4) is 11.5 Å². The summed E-state index contributed by atoms with van der Waals surface area (Å²) in [6.07, 6.45) is -0.118. The van der Waals surface area contributed by atoms with Crippen LogP contribution in [0.3, 0.4) is 0 Å². The molecule has 0 aliphatic carbocycles. The van der Waals surface area contributed by atoms with Crippen LogP contribution in [0.2, 0.25) is 5.02 Å². The molecule has 35 heavy (non-hydrogen) atoms. The molecular weight excluding hydrogens is 488 g/mol. The van der Waals surface area contributed by atoms with Gasteiger partial charge < -0.3 is 14.8 Å². The van der Waals surface area contributed by atoms with Crippen molar-refractivity contribution in [1.29, 1.82) is 0 Å². The highest BCUT2D eigenvalue weighted by molar-refractivity contribution is 7.92. The van der Waals surface area contributed by atoms with Crippen molar-refractivity contribution < 1.29 is 22.7 Å². The van der Waals surface area contributed by atoms with Crippen LogP contribution in [0, 0.1) is 0 Å². The zero-order valence-corrected chi connectivity index (χ0v) is 21.3.